The molecule has 1 N–H and O–H groups in total. The van der Waals surface area contributed by atoms with Crippen LogP contribution in [0, 0.1) is 6.92 Å². The number of oxazole rings is 1. The van der Waals surface area contributed by atoms with Gasteiger partial charge in [-0.15, -0.1) is 11.3 Å². The quantitative estimate of drug-likeness (QED) is 0.626. The van der Waals surface area contributed by atoms with Crippen molar-refractivity contribution in [3.8, 4) is 10.8 Å². The maximum atomic E-state index is 5.51. The van der Waals surface area contributed by atoms with E-state index in [-0.39, 0.29) is 0 Å². The topological polar surface area (TPSA) is 68.2 Å². The first-order chi connectivity index (χ1) is 10.8. The fourth-order valence-corrected chi connectivity index (χ4v) is 2.91. The van der Waals surface area contributed by atoms with Crippen LogP contribution >= 0.6 is 11.3 Å². The van der Waals surface area contributed by atoms with Gasteiger partial charge in [0.1, 0.15) is 11.8 Å². The first-order valence-electron chi connectivity index (χ1n) is 6.83. The molecule has 0 bridgehead atoms. The fourth-order valence-electron chi connectivity index (χ4n) is 2.26. The molecule has 0 spiro atoms. The van der Waals surface area contributed by atoms with Gasteiger partial charge >= 0.3 is 0 Å². The lowest BCUT2D eigenvalue weighted by molar-refractivity contribution is 0.574. The van der Waals surface area contributed by atoms with E-state index in [4.69, 9.17) is 4.42 Å². The van der Waals surface area contributed by atoms with Crippen LogP contribution in [0.5, 0.6) is 0 Å². The molecular formula is C15H13N5OS. The molecule has 0 saturated heterocycles. The highest BCUT2D eigenvalue weighted by Gasteiger charge is 2.09. The van der Waals surface area contributed by atoms with Gasteiger partial charge in [0, 0.05) is 12.4 Å². The molecule has 0 amide bonds. The molecule has 0 fully saturated rings. The molecular weight excluding hydrogens is 298 g/mol. The zero-order valence-electron chi connectivity index (χ0n) is 11.9. The first kappa shape index (κ1) is 13.0. The molecule has 0 aliphatic heterocycles. The molecule has 0 atom stereocenters. The van der Waals surface area contributed by atoms with Crippen LogP contribution in [-0.4, -0.2) is 19.6 Å². The van der Waals surface area contributed by atoms with Crippen LogP contribution in [0.2, 0.25) is 0 Å². The summed E-state index contributed by atoms with van der Waals surface area (Å²) in [6, 6.07) is 5.97. The molecule has 0 aliphatic rings. The van der Waals surface area contributed by atoms with Crippen LogP contribution in [0.4, 0.5) is 5.82 Å². The minimum atomic E-state index is 0.547. The van der Waals surface area contributed by atoms with E-state index in [9.17, 15) is 0 Å². The molecule has 4 rings (SSSR count). The van der Waals surface area contributed by atoms with Crippen molar-refractivity contribution in [2.45, 2.75) is 13.5 Å². The Bertz CT molecular complexity index is 909. The molecule has 4 aromatic heterocycles. The van der Waals surface area contributed by atoms with E-state index >= 15 is 0 Å². The second-order valence-electron chi connectivity index (χ2n) is 4.87. The second-order valence-corrected chi connectivity index (χ2v) is 5.81. The zero-order valence-corrected chi connectivity index (χ0v) is 12.7. The predicted octanol–water partition coefficient (Wildman–Crippen LogP) is 3.37. The number of hydrogen-bond acceptors (Lipinski definition) is 6. The number of hydrogen-bond donors (Lipinski definition) is 1. The standard InChI is InChI=1S/C15H13N5OS/c1-10-7-12-14(16-4-5-20(12)19-10)17-8-11-9-21-15(18-11)13-3-2-6-22-13/h2-7,9H,8H2,1H3,(H,16,17). The SMILES string of the molecule is Cc1cc2c(NCc3coc(-c4cccs4)n3)nccn2n1. The predicted molar refractivity (Wildman–Crippen MR) is 84.9 cm³/mol. The number of thiophene rings is 1. The number of aryl methyl sites for hydroxylation is 1. The molecule has 6 nitrogen and oxygen atoms in total. The van der Waals surface area contributed by atoms with Gasteiger partial charge in [-0.1, -0.05) is 6.07 Å². The Morgan fingerprint density at radius 1 is 1.41 bits per heavy atom. The summed E-state index contributed by atoms with van der Waals surface area (Å²) in [4.78, 5) is 9.87. The third-order valence-electron chi connectivity index (χ3n) is 3.23. The van der Waals surface area contributed by atoms with E-state index < -0.39 is 0 Å². The monoisotopic (exact) mass is 311 g/mol. The van der Waals surface area contributed by atoms with Crippen molar-refractivity contribution in [1.82, 2.24) is 19.6 Å². The van der Waals surface area contributed by atoms with Gasteiger partial charge in [-0.2, -0.15) is 5.10 Å². The highest BCUT2D eigenvalue weighted by Crippen LogP contribution is 2.24. The van der Waals surface area contributed by atoms with Crippen molar-refractivity contribution in [1.29, 1.82) is 0 Å². The minimum absolute atomic E-state index is 0.547. The molecule has 0 unspecified atom stereocenters. The van der Waals surface area contributed by atoms with E-state index in [2.05, 4.69) is 20.4 Å². The number of rotatable bonds is 4. The smallest absolute Gasteiger partial charge is 0.236 e. The summed E-state index contributed by atoms with van der Waals surface area (Å²) in [6.07, 6.45) is 5.23. The number of nitrogens with zero attached hydrogens (tertiary/aromatic N) is 4. The van der Waals surface area contributed by atoms with E-state index in [1.54, 1.807) is 23.8 Å². The summed E-state index contributed by atoms with van der Waals surface area (Å²) in [5.74, 6) is 1.43. The van der Waals surface area contributed by atoms with Gasteiger partial charge in [-0.3, -0.25) is 0 Å². The van der Waals surface area contributed by atoms with Crippen LogP contribution in [-0.2, 0) is 6.54 Å². The summed E-state index contributed by atoms with van der Waals surface area (Å²) < 4.78 is 7.32. The minimum Gasteiger partial charge on any atom is -0.443 e. The Kier molecular flexibility index (Phi) is 3.12. The first-order valence-corrected chi connectivity index (χ1v) is 7.71. The van der Waals surface area contributed by atoms with Crippen LogP contribution in [0.15, 0.2) is 46.7 Å². The lowest BCUT2D eigenvalue weighted by Gasteiger charge is -2.04. The van der Waals surface area contributed by atoms with Crippen molar-refractivity contribution in [2.75, 3.05) is 5.32 Å². The van der Waals surface area contributed by atoms with Gasteiger partial charge in [-0.25, -0.2) is 14.5 Å². The summed E-state index contributed by atoms with van der Waals surface area (Å²) in [5, 5.41) is 9.66. The van der Waals surface area contributed by atoms with Crippen LogP contribution in [0.1, 0.15) is 11.4 Å². The lowest BCUT2D eigenvalue weighted by Crippen LogP contribution is -2.03. The molecule has 0 aliphatic carbocycles. The Labute approximate surface area is 130 Å². The molecule has 4 aromatic rings. The lowest BCUT2D eigenvalue weighted by atomic mass is 10.4. The third-order valence-corrected chi connectivity index (χ3v) is 4.09. The Morgan fingerprint density at radius 2 is 2.36 bits per heavy atom. The van der Waals surface area contributed by atoms with Gasteiger partial charge in [0.25, 0.3) is 0 Å². The highest BCUT2D eigenvalue weighted by molar-refractivity contribution is 7.13. The van der Waals surface area contributed by atoms with Gasteiger partial charge in [0.2, 0.25) is 5.89 Å². The van der Waals surface area contributed by atoms with E-state index in [1.807, 2.05) is 41.2 Å². The normalized spacial score (nSPS) is 11.1. The van der Waals surface area contributed by atoms with Crippen molar-refractivity contribution in [3.05, 3.63) is 53.6 Å². The van der Waals surface area contributed by atoms with Gasteiger partial charge in [0.05, 0.1) is 22.8 Å². The van der Waals surface area contributed by atoms with Crippen LogP contribution < -0.4 is 5.32 Å². The van der Waals surface area contributed by atoms with E-state index in [0.29, 0.717) is 12.4 Å². The molecule has 4 heterocycles. The average molecular weight is 311 g/mol. The van der Waals surface area contributed by atoms with Gasteiger partial charge in [-0.05, 0) is 24.4 Å². The van der Waals surface area contributed by atoms with Gasteiger partial charge < -0.3 is 9.73 Å². The Morgan fingerprint density at radius 3 is 3.23 bits per heavy atom. The number of anilines is 1. The average Bonchev–Trinajstić information content (AvgIpc) is 3.24. The Balaban J connectivity index is 1.54. The summed E-state index contributed by atoms with van der Waals surface area (Å²) in [6.45, 7) is 2.51. The number of aromatic nitrogens is 4. The summed E-state index contributed by atoms with van der Waals surface area (Å²) in [5.41, 5.74) is 2.74. The van der Waals surface area contributed by atoms with E-state index in [0.717, 1.165) is 27.6 Å². The van der Waals surface area contributed by atoms with Gasteiger partial charge in [0.15, 0.2) is 5.82 Å². The van der Waals surface area contributed by atoms with Crippen molar-refractivity contribution in [2.24, 2.45) is 0 Å². The van der Waals surface area contributed by atoms with Crippen LogP contribution in [0.3, 0.4) is 0 Å². The maximum absolute atomic E-state index is 5.51. The second kappa shape index (κ2) is 5.27. The van der Waals surface area contributed by atoms with Crippen molar-refractivity contribution < 1.29 is 4.42 Å². The van der Waals surface area contributed by atoms with Crippen molar-refractivity contribution >= 4 is 22.7 Å². The summed E-state index contributed by atoms with van der Waals surface area (Å²) >= 11 is 1.61. The Hall–Kier alpha value is -2.67. The summed E-state index contributed by atoms with van der Waals surface area (Å²) in [7, 11) is 0. The molecule has 0 aromatic carbocycles. The number of fused-ring (bicyclic) bond motifs is 1. The van der Waals surface area contributed by atoms with Crippen LogP contribution in [0.25, 0.3) is 16.3 Å². The van der Waals surface area contributed by atoms with Crippen molar-refractivity contribution in [3.63, 3.8) is 0 Å². The largest absolute Gasteiger partial charge is 0.443 e. The third kappa shape index (κ3) is 2.35. The zero-order chi connectivity index (χ0) is 14.9. The highest BCUT2D eigenvalue weighted by atomic mass is 32.1. The maximum Gasteiger partial charge on any atom is 0.236 e. The molecule has 110 valence electrons. The fraction of sp³-hybridized carbons (Fsp3) is 0.133. The molecule has 0 saturated carbocycles. The number of nitrogens with one attached hydrogen (secondary N) is 1. The molecule has 22 heavy (non-hydrogen) atoms. The molecule has 7 heteroatoms. The molecule has 0 radical (unpaired) electrons. The van der Waals surface area contributed by atoms with E-state index in [1.165, 1.54) is 0 Å².